The van der Waals surface area contributed by atoms with E-state index in [1.807, 2.05) is 0 Å². The molecule has 1 amide bonds. The highest BCUT2D eigenvalue weighted by molar-refractivity contribution is 8.00. The van der Waals surface area contributed by atoms with Crippen LogP contribution in [0.5, 0.6) is 5.88 Å². The molecule has 38 heavy (non-hydrogen) atoms. The number of carbonyl (C=O) groups excluding carboxylic acids is 2. The van der Waals surface area contributed by atoms with Crippen molar-refractivity contribution in [3.63, 3.8) is 0 Å². The van der Waals surface area contributed by atoms with E-state index in [0.717, 1.165) is 12.3 Å². The van der Waals surface area contributed by atoms with E-state index >= 15 is 0 Å². The number of nitrogens with zero attached hydrogens (tertiary/aromatic N) is 6. The molecule has 0 spiro atoms. The van der Waals surface area contributed by atoms with Gasteiger partial charge in [0.1, 0.15) is 23.0 Å². The normalized spacial score (nSPS) is 14.4. The number of thioether (sulfide) groups is 2. The highest BCUT2D eigenvalue weighted by Crippen LogP contribution is 2.31. The summed E-state index contributed by atoms with van der Waals surface area (Å²) in [5.74, 6) is 0.0690. The van der Waals surface area contributed by atoms with Gasteiger partial charge in [0.15, 0.2) is 22.2 Å². The number of aryl methyl sites for hydroxylation is 1. The first-order chi connectivity index (χ1) is 18.2. The molecule has 3 aromatic rings. The number of pyridine rings is 1. The van der Waals surface area contributed by atoms with Crippen molar-refractivity contribution in [1.29, 1.82) is 0 Å². The molecule has 0 bridgehead atoms. The molecule has 0 fully saturated rings. The molecule has 1 aliphatic rings. The number of hydrogen-bond donors (Lipinski definition) is 2. The fourth-order valence-electron chi connectivity index (χ4n) is 3.60. The number of likely N-dealkylation sites (N-methyl/N-ethyl adjacent to an activating group) is 1. The molecule has 4 heterocycles. The van der Waals surface area contributed by atoms with E-state index in [2.05, 4.69) is 30.6 Å². The lowest BCUT2D eigenvalue weighted by molar-refractivity contribution is -0.135. The van der Waals surface area contributed by atoms with Gasteiger partial charge in [-0.3, -0.25) is 19.0 Å². The van der Waals surface area contributed by atoms with Crippen LogP contribution in [0.15, 0.2) is 28.3 Å². The Hall–Kier alpha value is -3.50. The molecular formula is C22H25FN8O5S2. The number of anilines is 2. The number of ether oxygens (including phenoxy) is 2. The monoisotopic (exact) mass is 564 g/mol. The molecule has 0 radical (unpaired) electrons. The average Bonchev–Trinajstić information content (AvgIpc) is 2.90. The molecule has 4 rings (SSSR count). The van der Waals surface area contributed by atoms with Crippen molar-refractivity contribution < 1.29 is 23.5 Å². The zero-order valence-electron chi connectivity index (χ0n) is 20.8. The number of rotatable bonds is 12. The molecule has 2 N–H and O–H groups in total. The molecular weight excluding hydrogens is 539 g/mol. The molecule has 0 aromatic carbocycles. The van der Waals surface area contributed by atoms with Crippen molar-refractivity contribution in [1.82, 2.24) is 29.8 Å². The molecule has 1 aliphatic heterocycles. The Labute approximate surface area is 224 Å². The third-order valence-electron chi connectivity index (χ3n) is 5.61. The minimum Gasteiger partial charge on any atom is -0.474 e. The molecule has 202 valence electrons. The number of fused-ring (bicyclic) bond motifs is 2. The number of nitrogens with one attached hydrogen (secondary N) is 2. The van der Waals surface area contributed by atoms with Gasteiger partial charge in [-0.25, -0.2) is 19.3 Å². The summed E-state index contributed by atoms with van der Waals surface area (Å²) >= 11 is 2.64. The summed E-state index contributed by atoms with van der Waals surface area (Å²) in [6, 6.07) is 1.16. The predicted octanol–water partition coefficient (Wildman–Crippen LogP) is 0.639. The summed E-state index contributed by atoms with van der Waals surface area (Å²) in [5, 5.41) is 6.50. The predicted molar refractivity (Wildman–Crippen MR) is 141 cm³/mol. The molecule has 0 saturated carbocycles. The maximum Gasteiger partial charge on any atom is 0.294 e. The van der Waals surface area contributed by atoms with Crippen molar-refractivity contribution in [3.8, 4) is 5.88 Å². The summed E-state index contributed by atoms with van der Waals surface area (Å²) in [5.41, 5.74) is 0.0663. The Bertz CT molecular complexity index is 1410. The van der Waals surface area contributed by atoms with E-state index in [0.29, 0.717) is 23.1 Å². The van der Waals surface area contributed by atoms with E-state index < -0.39 is 10.8 Å². The van der Waals surface area contributed by atoms with Gasteiger partial charge < -0.3 is 25.0 Å². The quantitative estimate of drug-likeness (QED) is 0.180. The van der Waals surface area contributed by atoms with Crippen LogP contribution in [0.25, 0.3) is 11.2 Å². The van der Waals surface area contributed by atoms with Gasteiger partial charge in [-0.1, -0.05) is 11.8 Å². The highest BCUT2D eigenvalue weighted by Gasteiger charge is 2.33. The van der Waals surface area contributed by atoms with Gasteiger partial charge >= 0.3 is 0 Å². The lowest BCUT2D eigenvalue weighted by Gasteiger charge is -2.34. The molecule has 1 atom stereocenters. The summed E-state index contributed by atoms with van der Waals surface area (Å²) in [6.45, 7) is 1.19. The van der Waals surface area contributed by atoms with Crippen LogP contribution in [-0.4, -0.2) is 87.1 Å². The lowest BCUT2D eigenvalue weighted by atomic mass is 10.3. The fraction of sp³-hybridized carbons (Fsp3) is 0.409. The summed E-state index contributed by atoms with van der Waals surface area (Å²) in [7, 11) is 3.28. The SMILES string of the molecule is CSC(CNCCOc1nc2c(cc1F)ncc(=O)n2C)(CN(C)c1cnc2c(n1)NC(=O)CS2)OC=O. The largest absolute Gasteiger partial charge is 0.474 e. The molecule has 0 aliphatic carbocycles. The van der Waals surface area contributed by atoms with Gasteiger partial charge in [-0.05, 0) is 6.26 Å². The Morgan fingerprint density at radius 3 is 2.92 bits per heavy atom. The van der Waals surface area contributed by atoms with E-state index in [1.165, 1.54) is 35.1 Å². The van der Waals surface area contributed by atoms with Crippen LogP contribution in [0.3, 0.4) is 0 Å². The van der Waals surface area contributed by atoms with Crippen molar-refractivity contribution in [3.05, 3.63) is 34.6 Å². The van der Waals surface area contributed by atoms with Crippen molar-refractivity contribution in [2.75, 3.05) is 55.5 Å². The second-order valence-electron chi connectivity index (χ2n) is 8.20. The van der Waals surface area contributed by atoms with Gasteiger partial charge in [-0.2, -0.15) is 4.98 Å². The zero-order valence-corrected chi connectivity index (χ0v) is 22.4. The maximum absolute atomic E-state index is 14.4. The zero-order chi connectivity index (χ0) is 27.3. The second kappa shape index (κ2) is 11.9. The van der Waals surface area contributed by atoms with Crippen LogP contribution in [0.1, 0.15) is 0 Å². The molecule has 16 heteroatoms. The number of amides is 1. The van der Waals surface area contributed by atoms with Gasteiger partial charge in [0.05, 0.1) is 24.7 Å². The van der Waals surface area contributed by atoms with Crippen LogP contribution in [0.4, 0.5) is 16.0 Å². The molecule has 13 nitrogen and oxygen atoms in total. The number of carbonyl (C=O) groups is 2. The van der Waals surface area contributed by atoms with E-state index in [9.17, 15) is 18.8 Å². The highest BCUT2D eigenvalue weighted by atomic mass is 32.2. The van der Waals surface area contributed by atoms with Crippen molar-refractivity contribution in [2.45, 2.75) is 9.96 Å². The first-order valence-electron chi connectivity index (χ1n) is 11.3. The minimum absolute atomic E-state index is 0.0543. The van der Waals surface area contributed by atoms with Crippen molar-refractivity contribution in [2.24, 2.45) is 7.05 Å². The minimum atomic E-state index is -0.998. The topological polar surface area (TPSA) is 153 Å². The summed E-state index contributed by atoms with van der Waals surface area (Å²) in [6.07, 6.45) is 4.49. The van der Waals surface area contributed by atoms with Crippen LogP contribution in [0.2, 0.25) is 0 Å². The van der Waals surface area contributed by atoms with Gasteiger partial charge in [-0.15, -0.1) is 11.8 Å². The van der Waals surface area contributed by atoms with Crippen molar-refractivity contribution >= 4 is 58.7 Å². The average molecular weight is 565 g/mol. The van der Waals surface area contributed by atoms with Gasteiger partial charge in [0, 0.05) is 33.3 Å². The van der Waals surface area contributed by atoms with Gasteiger partial charge in [0.25, 0.3) is 17.9 Å². The fourth-order valence-corrected chi connectivity index (χ4v) is 5.01. The smallest absolute Gasteiger partial charge is 0.294 e. The third kappa shape index (κ3) is 6.14. The Kier molecular flexibility index (Phi) is 8.63. The van der Waals surface area contributed by atoms with Crippen LogP contribution >= 0.6 is 23.5 Å². The summed E-state index contributed by atoms with van der Waals surface area (Å²) in [4.78, 5) is 52.4. The van der Waals surface area contributed by atoms with E-state index in [1.54, 1.807) is 24.4 Å². The Morgan fingerprint density at radius 1 is 1.34 bits per heavy atom. The maximum atomic E-state index is 14.4. The number of hydrogen-bond acceptors (Lipinski definition) is 13. The van der Waals surface area contributed by atoms with Gasteiger partial charge in [0.2, 0.25) is 5.91 Å². The van der Waals surface area contributed by atoms with E-state index in [4.69, 9.17) is 9.47 Å². The van der Waals surface area contributed by atoms with Crippen LogP contribution < -0.4 is 25.8 Å². The van der Waals surface area contributed by atoms with Crippen LogP contribution in [-0.2, 0) is 21.4 Å². The van der Waals surface area contributed by atoms with E-state index in [-0.39, 0.29) is 60.5 Å². The number of aromatic nitrogens is 5. The van der Waals surface area contributed by atoms with Crippen LogP contribution in [0, 0.1) is 5.82 Å². The number of halogens is 1. The first kappa shape index (κ1) is 27.5. The standard InChI is InChI=1S/C22H25FN8O5S2/c1-30(15-7-26-21-18(27-15)28-16(33)9-38-21)11-22(37-3,36-12-32)10-24-4-5-35-20-13(23)6-14-19(29-20)31(2)17(34)8-25-14/h6-8,12,24H,4-5,9-11H2,1-3H3,(H,27,28,33). The Balaban J connectivity index is 1.37. The first-order valence-corrected chi connectivity index (χ1v) is 13.5. The second-order valence-corrected chi connectivity index (χ2v) is 10.3. The Morgan fingerprint density at radius 2 is 2.16 bits per heavy atom. The lowest BCUT2D eigenvalue weighted by Crippen LogP contribution is -2.49. The molecule has 1 unspecified atom stereocenters. The summed E-state index contributed by atoms with van der Waals surface area (Å²) < 4.78 is 26.6. The molecule has 3 aromatic heterocycles. The third-order valence-corrected chi connectivity index (χ3v) is 7.70. The molecule has 0 saturated heterocycles.